The lowest BCUT2D eigenvalue weighted by Crippen LogP contribution is -2.46. The number of fused-ring (bicyclic) bond motifs is 2. The van der Waals surface area contributed by atoms with Gasteiger partial charge in [0.15, 0.2) is 0 Å². The Kier molecular flexibility index (Phi) is 4.16. The molecule has 0 atom stereocenters. The lowest BCUT2D eigenvalue weighted by molar-refractivity contribution is 0.246. The van der Waals surface area contributed by atoms with Crippen molar-refractivity contribution >= 4 is 16.6 Å². The smallest absolute Gasteiger partial charge is 0.224 e. The molecule has 1 aromatic carbocycles. The topological polar surface area (TPSA) is 59.3 Å². The van der Waals surface area contributed by atoms with E-state index in [2.05, 4.69) is 42.6 Å². The molecule has 0 amide bonds. The van der Waals surface area contributed by atoms with Gasteiger partial charge in [0.2, 0.25) is 5.88 Å². The van der Waals surface area contributed by atoms with Crippen LogP contribution in [0, 0.1) is 0 Å². The van der Waals surface area contributed by atoms with Crippen molar-refractivity contribution in [2.24, 2.45) is 0 Å². The Morgan fingerprint density at radius 3 is 2.74 bits per heavy atom. The Balaban J connectivity index is 1.26. The minimum absolute atomic E-state index is 0.633. The van der Waals surface area contributed by atoms with Gasteiger partial charge in [-0.2, -0.15) is 5.10 Å². The first-order chi connectivity index (χ1) is 13.3. The summed E-state index contributed by atoms with van der Waals surface area (Å²) < 4.78 is 7.57. The number of nitrogens with zero attached hydrogens (tertiary/aromatic N) is 6. The Morgan fingerprint density at radius 2 is 1.93 bits per heavy atom. The highest BCUT2D eigenvalue weighted by Gasteiger charge is 2.20. The van der Waals surface area contributed by atoms with Crippen LogP contribution in [0.3, 0.4) is 0 Å². The molecule has 0 spiro atoms. The van der Waals surface area contributed by atoms with Crippen molar-refractivity contribution in [1.82, 2.24) is 24.6 Å². The summed E-state index contributed by atoms with van der Waals surface area (Å²) in [6.07, 6.45) is 3.96. The summed E-state index contributed by atoms with van der Waals surface area (Å²) in [6.45, 7) is 6.14. The number of hydrogen-bond acceptors (Lipinski definition) is 6. The van der Waals surface area contributed by atoms with Gasteiger partial charge in [0, 0.05) is 50.6 Å². The first-order valence-corrected chi connectivity index (χ1v) is 9.62. The Labute approximate surface area is 158 Å². The molecule has 0 radical (unpaired) electrons. The normalized spacial score (nSPS) is 17.4. The number of aryl methyl sites for hydroxylation is 2. The van der Waals surface area contributed by atoms with Gasteiger partial charge in [-0.25, -0.2) is 9.97 Å². The van der Waals surface area contributed by atoms with Crippen LogP contribution >= 0.6 is 0 Å². The third kappa shape index (κ3) is 3.12. The molecule has 140 valence electrons. The molecule has 7 heteroatoms. The summed E-state index contributed by atoms with van der Waals surface area (Å²) in [5, 5.41) is 5.71. The number of aromatic nitrogens is 4. The van der Waals surface area contributed by atoms with Crippen LogP contribution in [-0.4, -0.2) is 57.9 Å². The van der Waals surface area contributed by atoms with Crippen LogP contribution in [0.5, 0.6) is 5.88 Å². The molecule has 0 bridgehead atoms. The molecule has 4 heterocycles. The molecule has 7 nitrogen and oxygen atoms in total. The predicted molar refractivity (Wildman–Crippen MR) is 104 cm³/mol. The number of anilines is 1. The fraction of sp³-hybridized carbons (Fsp3) is 0.450. The van der Waals surface area contributed by atoms with E-state index < -0.39 is 0 Å². The zero-order valence-electron chi connectivity index (χ0n) is 15.6. The first-order valence-electron chi connectivity index (χ1n) is 9.62. The summed E-state index contributed by atoms with van der Waals surface area (Å²) >= 11 is 0. The summed E-state index contributed by atoms with van der Waals surface area (Å²) in [5.74, 6) is 0.633. The van der Waals surface area contributed by atoms with E-state index in [9.17, 15) is 0 Å². The van der Waals surface area contributed by atoms with E-state index in [0.29, 0.717) is 5.88 Å². The van der Waals surface area contributed by atoms with E-state index in [1.165, 1.54) is 29.9 Å². The standard InChI is InChI=1S/C20H24N6O/c1-27-20-18-12-16(4-5-19(18)21-14-22-20)25-9-7-24(8-10-25)13-15-11-17-3-2-6-26(17)23-15/h4-5,11-12,14H,2-3,6-10,13H2,1H3. The number of hydrogen-bond donors (Lipinski definition) is 0. The molecule has 2 aromatic heterocycles. The SMILES string of the molecule is COc1ncnc2ccc(N3CCN(Cc4cc5n(n4)CCC5)CC3)cc12. The number of methoxy groups -OCH3 is 1. The zero-order valence-corrected chi connectivity index (χ0v) is 15.6. The monoisotopic (exact) mass is 364 g/mol. The van der Waals surface area contributed by atoms with Crippen LogP contribution < -0.4 is 9.64 Å². The quantitative estimate of drug-likeness (QED) is 0.707. The van der Waals surface area contributed by atoms with Crippen LogP contribution in [0.2, 0.25) is 0 Å². The van der Waals surface area contributed by atoms with Gasteiger partial charge >= 0.3 is 0 Å². The van der Waals surface area contributed by atoms with Gasteiger partial charge in [-0.15, -0.1) is 0 Å². The summed E-state index contributed by atoms with van der Waals surface area (Å²) in [6, 6.07) is 8.62. The highest BCUT2D eigenvalue weighted by atomic mass is 16.5. The van der Waals surface area contributed by atoms with Crippen molar-refractivity contribution in [3.05, 3.63) is 42.0 Å². The first kappa shape index (κ1) is 16.5. The summed E-state index contributed by atoms with van der Waals surface area (Å²) in [7, 11) is 1.65. The largest absolute Gasteiger partial charge is 0.480 e. The Bertz CT molecular complexity index is 939. The third-order valence-corrected chi connectivity index (χ3v) is 5.62. The molecular weight excluding hydrogens is 340 g/mol. The van der Waals surface area contributed by atoms with Gasteiger partial charge < -0.3 is 9.64 Å². The fourth-order valence-electron chi connectivity index (χ4n) is 4.17. The molecule has 27 heavy (non-hydrogen) atoms. The third-order valence-electron chi connectivity index (χ3n) is 5.62. The van der Waals surface area contributed by atoms with E-state index in [1.54, 1.807) is 13.4 Å². The van der Waals surface area contributed by atoms with E-state index in [1.807, 2.05) is 6.07 Å². The molecule has 2 aliphatic rings. The highest BCUT2D eigenvalue weighted by Crippen LogP contribution is 2.27. The van der Waals surface area contributed by atoms with Gasteiger partial charge in [0.25, 0.3) is 0 Å². The maximum absolute atomic E-state index is 5.39. The molecule has 0 N–H and O–H groups in total. The second kappa shape index (κ2) is 6.81. The van der Waals surface area contributed by atoms with Gasteiger partial charge in [-0.1, -0.05) is 0 Å². The van der Waals surface area contributed by atoms with Crippen LogP contribution in [0.15, 0.2) is 30.6 Å². The molecule has 1 fully saturated rings. The van der Waals surface area contributed by atoms with Crippen molar-refractivity contribution in [1.29, 1.82) is 0 Å². The van der Waals surface area contributed by atoms with E-state index in [4.69, 9.17) is 9.84 Å². The predicted octanol–water partition coefficient (Wildman–Crippen LogP) is 2.10. The van der Waals surface area contributed by atoms with Crippen molar-refractivity contribution in [3.63, 3.8) is 0 Å². The second-order valence-electron chi connectivity index (χ2n) is 7.30. The van der Waals surface area contributed by atoms with Crippen LogP contribution in [0.1, 0.15) is 17.8 Å². The number of rotatable bonds is 4. The maximum atomic E-state index is 5.39. The molecule has 2 aliphatic heterocycles. The molecule has 0 aliphatic carbocycles. The van der Waals surface area contributed by atoms with E-state index in [-0.39, 0.29) is 0 Å². The van der Waals surface area contributed by atoms with Crippen molar-refractivity contribution in [3.8, 4) is 5.88 Å². The number of benzene rings is 1. The number of ether oxygens (including phenoxy) is 1. The van der Waals surface area contributed by atoms with Gasteiger partial charge in [0.1, 0.15) is 6.33 Å². The average molecular weight is 364 g/mol. The van der Waals surface area contributed by atoms with Crippen LogP contribution in [0.4, 0.5) is 5.69 Å². The summed E-state index contributed by atoms with van der Waals surface area (Å²) in [5.41, 5.74) is 4.73. The minimum Gasteiger partial charge on any atom is -0.480 e. The van der Waals surface area contributed by atoms with Crippen LogP contribution in [0.25, 0.3) is 10.9 Å². The highest BCUT2D eigenvalue weighted by molar-refractivity contribution is 5.86. The number of piperazine rings is 1. The lowest BCUT2D eigenvalue weighted by Gasteiger charge is -2.35. The fourth-order valence-corrected chi connectivity index (χ4v) is 4.17. The van der Waals surface area contributed by atoms with E-state index >= 15 is 0 Å². The molecule has 3 aromatic rings. The van der Waals surface area contributed by atoms with Gasteiger partial charge in [-0.05, 0) is 37.1 Å². The average Bonchev–Trinajstić information content (AvgIpc) is 3.29. The zero-order chi connectivity index (χ0) is 18.2. The molecule has 1 saturated heterocycles. The Morgan fingerprint density at radius 1 is 1.04 bits per heavy atom. The van der Waals surface area contributed by atoms with Crippen molar-refractivity contribution in [2.45, 2.75) is 25.9 Å². The molecule has 0 unspecified atom stereocenters. The molecule has 5 rings (SSSR count). The summed E-state index contributed by atoms with van der Waals surface area (Å²) in [4.78, 5) is 13.5. The van der Waals surface area contributed by atoms with E-state index in [0.717, 1.165) is 50.2 Å². The van der Waals surface area contributed by atoms with Gasteiger partial charge in [-0.3, -0.25) is 9.58 Å². The molecular formula is C20H24N6O. The van der Waals surface area contributed by atoms with Crippen LogP contribution in [-0.2, 0) is 19.5 Å². The lowest BCUT2D eigenvalue weighted by atomic mass is 10.2. The second-order valence-corrected chi connectivity index (χ2v) is 7.30. The Hall–Kier alpha value is -2.67. The van der Waals surface area contributed by atoms with Gasteiger partial charge in [0.05, 0.1) is 23.7 Å². The van der Waals surface area contributed by atoms with Crippen molar-refractivity contribution in [2.75, 3.05) is 38.2 Å². The molecule has 0 saturated carbocycles. The minimum atomic E-state index is 0.633. The van der Waals surface area contributed by atoms with Crippen molar-refractivity contribution < 1.29 is 4.74 Å². The maximum Gasteiger partial charge on any atom is 0.224 e.